The summed E-state index contributed by atoms with van der Waals surface area (Å²) in [6.07, 6.45) is 3.49. The molecule has 1 N–H and O–H groups in total. The van der Waals surface area contributed by atoms with Crippen LogP contribution in [-0.4, -0.2) is 13.1 Å². The van der Waals surface area contributed by atoms with Crippen LogP contribution in [0.15, 0.2) is 48.5 Å². The minimum Gasteiger partial charge on any atom is -0.312 e. The van der Waals surface area contributed by atoms with E-state index < -0.39 is 0 Å². The minimum atomic E-state index is 0.998. The molecule has 1 heterocycles. The highest BCUT2D eigenvalue weighted by Crippen LogP contribution is 2.22. The summed E-state index contributed by atoms with van der Waals surface area (Å²) in [5, 5.41) is 6.05. The van der Waals surface area contributed by atoms with Gasteiger partial charge in [0.1, 0.15) is 0 Å². The van der Waals surface area contributed by atoms with E-state index in [1.165, 1.54) is 21.9 Å². The Morgan fingerprint density at radius 3 is 2.62 bits per heavy atom. The van der Waals surface area contributed by atoms with Gasteiger partial charge in [0.05, 0.1) is 0 Å². The van der Waals surface area contributed by atoms with Gasteiger partial charge in [0.25, 0.3) is 0 Å². The maximum atomic E-state index is 3.41. The lowest BCUT2D eigenvalue weighted by Crippen LogP contribution is -2.21. The van der Waals surface area contributed by atoms with Crippen LogP contribution >= 0.6 is 0 Å². The molecule has 1 heteroatoms. The standard InChI is InChI=1S/C15H15N/c1-2-5-13-10-14(8-7-12(13)4-1)15-6-3-9-16-11-15/h1-2,4-8,10,16H,3,9,11H2. The first-order valence-corrected chi connectivity index (χ1v) is 5.82. The number of fused-ring (bicyclic) bond motifs is 1. The number of hydrogen-bond acceptors (Lipinski definition) is 1. The lowest BCUT2D eigenvalue weighted by atomic mass is 9.99. The van der Waals surface area contributed by atoms with Gasteiger partial charge in [0.2, 0.25) is 0 Å². The molecule has 80 valence electrons. The van der Waals surface area contributed by atoms with E-state index in [1.54, 1.807) is 0 Å². The highest BCUT2D eigenvalue weighted by Gasteiger charge is 2.05. The summed E-state index contributed by atoms with van der Waals surface area (Å²) in [4.78, 5) is 0. The molecule has 2 aromatic carbocycles. The highest BCUT2D eigenvalue weighted by molar-refractivity contribution is 5.86. The van der Waals surface area contributed by atoms with Crippen molar-refractivity contribution in [3.8, 4) is 0 Å². The predicted molar refractivity (Wildman–Crippen MR) is 69.4 cm³/mol. The van der Waals surface area contributed by atoms with E-state index in [0.29, 0.717) is 0 Å². The summed E-state index contributed by atoms with van der Waals surface area (Å²) in [7, 11) is 0. The highest BCUT2D eigenvalue weighted by atomic mass is 14.9. The Labute approximate surface area is 95.8 Å². The van der Waals surface area contributed by atoms with Gasteiger partial charge < -0.3 is 5.32 Å². The van der Waals surface area contributed by atoms with Gasteiger partial charge in [-0.15, -0.1) is 0 Å². The lowest BCUT2D eigenvalue weighted by Gasteiger charge is -2.14. The summed E-state index contributed by atoms with van der Waals surface area (Å²) in [6, 6.07) is 15.2. The van der Waals surface area contributed by atoms with E-state index in [1.807, 2.05) is 0 Å². The zero-order valence-corrected chi connectivity index (χ0v) is 9.24. The number of benzene rings is 2. The van der Waals surface area contributed by atoms with Gasteiger partial charge in [0.15, 0.2) is 0 Å². The van der Waals surface area contributed by atoms with Crippen molar-refractivity contribution in [3.63, 3.8) is 0 Å². The Bertz CT molecular complexity index is 540. The van der Waals surface area contributed by atoms with Crippen LogP contribution in [-0.2, 0) is 0 Å². The van der Waals surface area contributed by atoms with Crippen LogP contribution in [0.3, 0.4) is 0 Å². The smallest absolute Gasteiger partial charge is 0.0208 e. The Morgan fingerprint density at radius 1 is 0.938 bits per heavy atom. The maximum Gasteiger partial charge on any atom is 0.0208 e. The summed E-state index contributed by atoms with van der Waals surface area (Å²) in [6.45, 7) is 2.11. The summed E-state index contributed by atoms with van der Waals surface area (Å²) in [5.74, 6) is 0. The second-order valence-electron chi connectivity index (χ2n) is 4.26. The minimum absolute atomic E-state index is 0.998. The van der Waals surface area contributed by atoms with Gasteiger partial charge >= 0.3 is 0 Å². The summed E-state index contributed by atoms with van der Waals surface area (Å²) >= 11 is 0. The maximum absolute atomic E-state index is 3.41. The lowest BCUT2D eigenvalue weighted by molar-refractivity contribution is 0.739. The van der Waals surface area contributed by atoms with Gasteiger partial charge in [-0.2, -0.15) is 0 Å². The molecular weight excluding hydrogens is 194 g/mol. The SMILES string of the molecule is C1=C(c2ccc3ccccc3c2)CNCC1. The second kappa shape index (κ2) is 4.11. The van der Waals surface area contributed by atoms with Crippen LogP contribution in [0.1, 0.15) is 12.0 Å². The van der Waals surface area contributed by atoms with E-state index in [4.69, 9.17) is 0 Å². The average molecular weight is 209 g/mol. The van der Waals surface area contributed by atoms with Crippen LogP contribution in [0.2, 0.25) is 0 Å². The van der Waals surface area contributed by atoms with Gasteiger partial charge in [-0.25, -0.2) is 0 Å². The van der Waals surface area contributed by atoms with E-state index in [0.717, 1.165) is 19.5 Å². The molecule has 0 atom stereocenters. The monoisotopic (exact) mass is 209 g/mol. The molecule has 0 saturated heterocycles. The molecular formula is C15H15N. The molecule has 0 unspecified atom stereocenters. The first-order chi connectivity index (χ1) is 7.93. The Balaban J connectivity index is 2.07. The van der Waals surface area contributed by atoms with Gasteiger partial charge in [-0.05, 0) is 40.9 Å². The van der Waals surface area contributed by atoms with Crippen molar-refractivity contribution < 1.29 is 0 Å². The zero-order valence-electron chi connectivity index (χ0n) is 9.24. The zero-order chi connectivity index (χ0) is 10.8. The first kappa shape index (κ1) is 9.61. The molecule has 0 bridgehead atoms. The van der Waals surface area contributed by atoms with E-state index in [-0.39, 0.29) is 0 Å². The molecule has 1 aliphatic heterocycles. The quantitative estimate of drug-likeness (QED) is 0.760. The molecule has 0 saturated carbocycles. The Morgan fingerprint density at radius 2 is 1.81 bits per heavy atom. The van der Waals surface area contributed by atoms with Crippen molar-refractivity contribution in [2.45, 2.75) is 6.42 Å². The van der Waals surface area contributed by atoms with Gasteiger partial charge in [0, 0.05) is 6.54 Å². The van der Waals surface area contributed by atoms with E-state index in [9.17, 15) is 0 Å². The molecule has 2 aromatic rings. The largest absolute Gasteiger partial charge is 0.312 e. The third-order valence-corrected chi connectivity index (χ3v) is 3.15. The molecule has 1 aliphatic rings. The van der Waals surface area contributed by atoms with Crippen LogP contribution in [0.5, 0.6) is 0 Å². The Hall–Kier alpha value is -1.60. The predicted octanol–water partition coefficient (Wildman–Crippen LogP) is 3.22. The van der Waals surface area contributed by atoms with Gasteiger partial charge in [-0.3, -0.25) is 0 Å². The summed E-state index contributed by atoms with van der Waals surface area (Å²) in [5.41, 5.74) is 2.78. The molecule has 16 heavy (non-hydrogen) atoms. The van der Waals surface area contributed by atoms with Crippen molar-refractivity contribution in [2.75, 3.05) is 13.1 Å². The number of nitrogens with one attached hydrogen (secondary N) is 1. The van der Waals surface area contributed by atoms with Crippen molar-refractivity contribution >= 4 is 16.3 Å². The van der Waals surface area contributed by atoms with Crippen molar-refractivity contribution in [1.82, 2.24) is 5.32 Å². The number of hydrogen-bond donors (Lipinski definition) is 1. The van der Waals surface area contributed by atoms with Crippen LogP contribution < -0.4 is 5.32 Å². The first-order valence-electron chi connectivity index (χ1n) is 5.82. The fourth-order valence-corrected chi connectivity index (χ4v) is 2.25. The van der Waals surface area contributed by atoms with Crippen LogP contribution in [0.25, 0.3) is 16.3 Å². The summed E-state index contributed by atoms with van der Waals surface area (Å²) < 4.78 is 0. The molecule has 1 nitrogen and oxygen atoms in total. The molecule has 3 rings (SSSR count). The molecule has 0 spiro atoms. The fraction of sp³-hybridized carbons (Fsp3) is 0.200. The molecule has 0 fully saturated rings. The number of rotatable bonds is 1. The molecule has 0 radical (unpaired) electrons. The average Bonchev–Trinajstić information content (AvgIpc) is 2.39. The molecule has 0 aromatic heterocycles. The molecule has 0 amide bonds. The van der Waals surface area contributed by atoms with Crippen LogP contribution in [0, 0.1) is 0 Å². The van der Waals surface area contributed by atoms with Crippen molar-refractivity contribution in [2.24, 2.45) is 0 Å². The molecule has 0 aliphatic carbocycles. The van der Waals surface area contributed by atoms with Crippen molar-refractivity contribution in [3.05, 3.63) is 54.1 Å². The van der Waals surface area contributed by atoms with E-state index in [2.05, 4.69) is 53.9 Å². The fourth-order valence-electron chi connectivity index (χ4n) is 2.25. The normalized spacial score (nSPS) is 16.1. The third kappa shape index (κ3) is 1.74. The van der Waals surface area contributed by atoms with E-state index >= 15 is 0 Å². The van der Waals surface area contributed by atoms with Crippen LogP contribution in [0.4, 0.5) is 0 Å². The topological polar surface area (TPSA) is 12.0 Å². The Kier molecular flexibility index (Phi) is 2.47. The van der Waals surface area contributed by atoms with Gasteiger partial charge in [-0.1, -0.05) is 42.5 Å². The third-order valence-electron chi connectivity index (χ3n) is 3.15. The second-order valence-corrected chi connectivity index (χ2v) is 4.26. The van der Waals surface area contributed by atoms with Crippen molar-refractivity contribution in [1.29, 1.82) is 0 Å².